The van der Waals surface area contributed by atoms with Gasteiger partial charge in [-0.25, -0.2) is 0 Å². The van der Waals surface area contributed by atoms with E-state index in [2.05, 4.69) is 51.8 Å². The average molecular weight is 523 g/mol. The van der Waals surface area contributed by atoms with Crippen LogP contribution in [0.5, 0.6) is 5.75 Å². The van der Waals surface area contributed by atoms with Gasteiger partial charge in [0.1, 0.15) is 5.75 Å². The van der Waals surface area contributed by atoms with Gasteiger partial charge in [-0.2, -0.15) is 0 Å². The Balaban J connectivity index is 1.99. The van der Waals surface area contributed by atoms with Crippen LogP contribution in [0.3, 0.4) is 0 Å². The van der Waals surface area contributed by atoms with Gasteiger partial charge in [0.2, 0.25) is 0 Å². The summed E-state index contributed by atoms with van der Waals surface area (Å²) in [7, 11) is 0. The monoisotopic (exact) mass is 521 g/mol. The van der Waals surface area contributed by atoms with Crippen LogP contribution in [-0.2, 0) is 19.3 Å². The van der Waals surface area contributed by atoms with Crippen LogP contribution in [0.1, 0.15) is 87.1 Å². The van der Waals surface area contributed by atoms with Gasteiger partial charge in [-0.05, 0) is 82.4 Å². The zero-order chi connectivity index (χ0) is 20.8. The fraction of sp³-hybridized carbons (Fsp3) is 0.560. The molecule has 2 nitrogen and oxygen atoms in total. The van der Waals surface area contributed by atoms with Crippen molar-refractivity contribution in [1.82, 2.24) is 4.98 Å². The Labute approximate surface area is 192 Å². The van der Waals surface area contributed by atoms with Gasteiger partial charge in [0.25, 0.3) is 0 Å². The molecule has 1 N–H and O–H groups in total. The first-order valence-corrected chi connectivity index (χ1v) is 12.8. The number of aromatic nitrogens is 1. The number of pyridine rings is 1. The molecule has 2 atom stereocenters. The largest absolute Gasteiger partial charge is 0.508 e. The van der Waals surface area contributed by atoms with E-state index in [-0.39, 0.29) is 0 Å². The van der Waals surface area contributed by atoms with Crippen LogP contribution in [0.25, 0.3) is 0 Å². The summed E-state index contributed by atoms with van der Waals surface area (Å²) >= 11 is 7.37. The van der Waals surface area contributed by atoms with Gasteiger partial charge >= 0.3 is 0 Å². The number of hydrogen-bond acceptors (Lipinski definition) is 2. The first-order valence-electron chi connectivity index (χ1n) is 11.2. The topological polar surface area (TPSA) is 33.1 Å². The summed E-state index contributed by atoms with van der Waals surface area (Å²) in [6.45, 7) is 4.58. The number of fused-ring (bicyclic) bond motifs is 2. The van der Waals surface area contributed by atoms with Crippen LogP contribution < -0.4 is 0 Å². The first kappa shape index (κ1) is 22.8. The fourth-order valence-corrected chi connectivity index (χ4v) is 5.91. The van der Waals surface area contributed by atoms with Crippen LogP contribution in [0.4, 0.5) is 0 Å². The molecule has 0 bridgehead atoms. The maximum Gasteiger partial charge on any atom is 0.116 e. The second-order valence-electron chi connectivity index (χ2n) is 8.47. The summed E-state index contributed by atoms with van der Waals surface area (Å²) in [5.41, 5.74) is 5.29. The maximum atomic E-state index is 10.1. The zero-order valence-electron chi connectivity index (χ0n) is 17.7. The molecular weight excluding hydrogens is 490 g/mol. The Bertz CT molecular complexity index is 821. The summed E-state index contributed by atoms with van der Waals surface area (Å²) in [6, 6.07) is 6.07. The molecule has 1 aliphatic rings. The molecule has 1 aliphatic carbocycles. The van der Waals surface area contributed by atoms with Crippen LogP contribution in [-0.4, -0.2) is 10.1 Å². The molecule has 1 aromatic heterocycles. The van der Waals surface area contributed by atoms with Crippen molar-refractivity contribution >= 4 is 31.9 Å². The number of phenols is 1. The Kier molecular flexibility index (Phi) is 8.61. The molecule has 0 spiro atoms. The highest BCUT2D eigenvalue weighted by Crippen LogP contribution is 2.41. The number of rotatable bonds is 8. The quantitative estimate of drug-likeness (QED) is 0.355. The van der Waals surface area contributed by atoms with Crippen LogP contribution in [0, 0.1) is 5.92 Å². The van der Waals surface area contributed by atoms with Crippen molar-refractivity contribution in [3.8, 4) is 5.75 Å². The Morgan fingerprint density at radius 2 is 1.79 bits per heavy atom. The summed E-state index contributed by atoms with van der Waals surface area (Å²) in [5.74, 6) is 1.43. The smallest absolute Gasteiger partial charge is 0.116 e. The van der Waals surface area contributed by atoms with Gasteiger partial charge in [0.15, 0.2) is 0 Å². The average Bonchev–Trinajstić information content (AvgIpc) is 2.67. The number of phenolic OH excluding ortho intramolecular Hbond substituents is 1. The van der Waals surface area contributed by atoms with Gasteiger partial charge in [0.05, 0.1) is 0 Å². The predicted molar refractivity (Wildman–Crippen MR) is 129 cm³/mol. The van der Waals surface area contributed by atoms with E-state index in [0.29, 0.717) is 17.6 Å². The van der Waals surface area contributed by atoms with Crippen molar-refractivity contribution in [3.63, 3.8) is 0 Å². The Morgan fingerprint density at radius 1 is 1.00 bits per heavy atom. The summed E-state index contributed by atoms with van der Waals surface area (Å²) in [4.78, 5) is 4.96. The molecule has 3 rings (SSSR count). The first-order chi connectivity index (χ1) is 14.0. The van der Waals surface area contributed by atoms with Crippen molar-refractivity contribution in [2.45, 2.75) is 84.0 Å². The number of benzene rings is 1. The molecule has 1 heterocycles. The number of aryl methyl sites for hydroxylation is 2. The Hall–Kier alpha value is -0.870. The van der Waals surface area contributed by atoms with Crippen LogP contribution in [0.2, 0.25) is 0 Å². The highest BCUT2D eigenvalue weighted by Gasteiger charge is 2.29. The van der Waals surface area contributed by atoms with E-state index >= 15 is 0 Å². The lowest BCUT2D eigenvalue weighted by atomic mass is 9.75. The molecule has 0 radical (unpaired) electrons. The number of hydrogen-bond donors (Lipinski definition) is 1. The molecule has 158 valence electrons. The lowest BCUT2D eigenvalue weighted by Gasteiger charge is -2.31. The van der Waals surface area contributed by atoms with Crippen LogP contribution >= 0.6 is 31.9 Å². The van der Waals surface area contributed by atoms with E-state index in [1.165, 1.54) is 67.3 Å². The molecule has 0 aliphatic heterocycles. The van der Waals surface area contributed by atoms with Gasteiger partial charge < -0.3 is 5.11 Å². The van der Waals surface area contributed by atoms with Gasteiger partial charge in [0, 0.05) is 26.8 Å². The fourth-order valence-electron chi connectivity index (χ4n) is 4.88. The third-order valence-corrected chi connectivity index (χ3v) is 7.48. The van der Waals surface area contributed by atoms with Crippen molar-refractivity contribution in [2.75, 3.05) is 0 Å². The van der Waals surface area contributed by atoms with Crippen molar-refractivity contribution in [1.29, 1.82) is 0 Å². The molecule has 4 heteroatoms. The van der Waals surface area contributed by atoms with Crippen molar-refractivity contribution < 1.29 is 5.11 Å². The van der Waals surface area contributed by atoms with E-state index < -0.39 is 0 Å². The summed E-state index contributed by atoms with van der Waals surface area (Å²) in [6.07, 6.45) is 13.9. The third-order valence-electron chi connectivity index (χ3n) is 6.34. The van der Waals surface area contributed by atoms with Gasteiger partial charge in [-0.3, -0.25) is 4.98 Å². The molecule has 2 aromatic rings. The molecule has 0 fully saturated rings. The molecule has 29 heavy (non-hydrogen) atoms. The molecule has 0 saturated carbocycles. The zero-order valence-corrected chi connectivity index (χ0v) is 20.9. The van der Waals surface area contributed by atoms with E-state index in [4.69, 9.17) is 4.98 Å². The lowest BCUT2D eigenvalue weighted by Crippen LogP contribution is -2.22. The maximum absolute atomic E-state index is 10.1. The number of unbranched alkanes of at least 4 members (excludes halogenated alkanes) is 3. The van der Waals surface area contributed by atoms with Gasteiger partial charge in [-0.15, -0.1) is 0 Å². The van der Waals surface area contributed by atoms with E-state index in [1.54, 1.807) is 0 Å². The van der Waals surface area contributed by atoms with Gasteiger partial charge in [-0.1, -0.05) is 68.3 Å². The standard InChI is InChI=1S/C25H33Br2NO/c1-3-5-6-7-9-17(8-4-2)23-15-22-18(13-21(29)14-24(22)27)10-11-19-12-20(26)16-28-25(19)23/h12-14,16-17,23,29H,3-11,15H2,1-2H3. The minimum absolute atomic E-state index is 0.352. The number of halogens is 2. The van der Waals surface area contributed by atoms with E-state index in [0.717, 1.165) is 28.2 Å². The normalized spacial score (nSPS) is 17.2. The molecule has 0 saturated heterocycles. The SMILES string of the molecule is CCCCCCC(CCC)C1Cc2c(Br)cc(O)cc2CCc2cc(Br)cnc21. The number of nitrogens with zero attached hydrogens (tertiary/aromatic N) is 1. The molecule has 1 aromatic carbocycles. The summed E-state index contributed by atoms with van der Waals surface area (Å²) < 4.78 is 2.10. The van der Waals surface area contributed by atoms with Crippen LogP contribution in [0.15, 0.2) is 33.3 Å². The lowest BCUT2D eigenvalue weighted by molar-refractivity contribution is 0.341. The second kappa shape index (κ2) is 10.9. The second-order valence-corrected chi connectivity index (χ2v) is 10.2. The minimum Gasteiger partial charge on any atom is -0.508 e. The highest BCUT2D eigenvalue weighted by molar-refractivity contribution is 9.10. The third kappa shape index (κ3) is 5.85. The van der Waals surface area contributed by atoms with Crippen molar-refractivity contribution in [2.24, 2.45) is 5.92 Å². The van der Waals surface area contributed by atoms with Crippen molar-refractivity contribution in [3.05, 3.63) is 55.7 Å². The number of aromatic hydroxyl groups is 1. The van der Waals surface area contributed by atoms with E-state index in [1.807, 2.05) is 18.3 Å². The highest BCUT2D eigenvalue weighted by atomic mass is 79.9. The van der Waals surface area contributed by atoms with E-state index in [9.17, 15) is 5.11 Å². The molecular formula is C25H33Br2NO. The predicted octanol–water partition coefficient (Wildman–Crippen LogP) is 8.12. The summed E-state index contributed by atoms with van der Waals surface area (Å²) in [5, 5.41) is 10.1. The molecule has 0 amide bonds. The Morgan fingerprint density at radius 3 is 2.55 bits per heavy atom. The minimum atomic E-state index is 0.352. The molecule has 2 unspecified atom stereocenters.